The van der Waals surface area contributed by atoms with Crippen LogP contribution in [0.4, 0.5) is 0 Å². The highest BCUT2D eigenvalue weighted by molar-refractivity contribution is 7.80. The Morgan fingerprint density at radius 3 is 2.85 bits per heavy atom. The number of hydrogen-bond donors (Lipinski definition) is 1. The minimum atomic E-state index is -0.499. The zero-order chi connectivity index (χ0) is 14.7. The number of hydrogen-bond acceptors (Lipinski definition) is 3. The van der Waals surface area contributed by atoms with Gasteiger partial charge in [-0.15, -0.1) is 0 Å². The van der Waals surface area contributed by atoms with Crippen LogP contribution in [0.25, 0.3) is 0 Å². The standard InChI is InChI=1S/C14H17ClN2O2S/c1-7-11-9-5-8(15)6-10(18-4)12(9)19-14(7,2)17(3)13(20)16-11/h5-7,11H,1-4H3,(H,16,20). The second-order valence-corrected chi connectivity index (χ2v) is 6.28. The quantitative estimate of drug-likeness (QED) is 0.806. The normalized spacial score (nSPS) is 31.2. The predicted molar refractivity (Wildman–Crippen MR) is 82.4 cm³/mol. The Kier molecular flexibility index (Phi) is 3.03. The van der Waals surface area contributed by atoms with Gasteiger partial charge in [0.15, 0.2) is 22.3 Å². The van der Waals surface area contributed by atoms with E-state index in [1.807, 2.05) is 18.0 Å². The molecule has 1 N–H and O–H groups in total. The van der Waals surface area contributed by atoms with Crippen molar-refractivity contribution in [2.75, 3.05) is 14.2 Å². The number of benzene rings is 1. The summed E-state index contributed by atoms with van der Waals surface area (Å²) in [7, 11) is 3.56. The van der Waals surface area contributed by atoms with Gasteiger partial charge in [0.05, 0.1) is 13.2 Å². The highest BCUT2D eigenvalue weighted by atomic mass is 35.5. The fourth-order valence-electron chi connectivity index (χ4n) is 2.97. The van der Waals surface area contributed by atoms with E-state index in [4.69, 9.17) is 33.3 Å². The van der Waals surface area contributed by atoms with Gasteiger partial charge in [-0.1, -0.05) is 18.5 Å². The largest absolute Gasteiger partial charge is 0.493 e. The van der Waals surface area contributed by atoms with Crippen LogP contribution in [0.15, 0.2) is 12.1 Å². The molecule has 0 amide bonds. The SMILES string of the molecule is COc1cc(Cl)cc2c1OC1(C)C(C)C2NC(=S)N1C. The molecule has 2 aliphatic heterocycles. The molecule has 0 saturated carbocycles. The van der Waals surface area contributed by atoms with Crippen LogP contribution < -0.4 is 14.8 Å². The Bertz CT molecular complexity index is 595. The molecule has 6 heteroatoms. The molecule has 20 heavy (non-hydrogen) atoms. The maximum absolute atomic E-state index is 6.28. The number of thiocarbonyl (C=S) groups is 1. The van der Waals surface area contributed by atoms with Crippen LogP contribution in [0.2, 0.25) is 5.02 Å². The van der Waals surface area contributed by atoms with Crippen molar-refractivity contribution in [3.8, 4) is 11.5 Å². The van der Waals surface area contributed by atoms with E-state index >= 15 is 0 Å². The van der Waals surface area contributed by atoms with Gasteiger partial charge in [-0.3, -0.25) is 0 Å². The Balaban J connectivity index is 2.22. The molecule has 1 aromatic carbocycles. The van der Waals surface area contributed by atoms with Crippen LogP contribution in [0.5, 0.6) is 11.5 Å². The summed E-state index contributed by atoms with van der Waals surface area (Å²) in [6.45, 7) is 4.20. The fraction of sp³-hybridized carbons (Fsp3) is 0.500. The molecular formula is C14H17ClN2O2S. The van der Waals surface area contributed by atoms with E-state index < -0.39 is 5.72 Å². The molecule has 2 bridgehead atoms. The van der Waals surface area contributed by atoms with Crippen molar-refractivity contribution in [1.29, 1.82) is 0 Å². The first-order valence-electron chi connectivity index (χ1n) is 6.49. The Morgan fingerprint density at radius 1 is 1.50 bits per heavy atom. The average Bonchev–Trinajstić information content (AvgIpc) is 2.41. The third-order valence-corrected chi connectivity index (χ3v) is 5.12. The van der Waals surface area contributed by atoms with Gasteiger partial charge in [-0.05, 0) is 25.2 Å². The first-order chi connectivity index (χ1) is 9.38. The van der Waals surface area contributed by atoms with Crippen LogP contribution in [-0.2, 0) is 0 Å². The maximum Gasteiger partial charge on any atom is 0.186 e. The molecule has 3 atom stereocenters. The van der Waals surface area contributed by atoms with E-state index in [1.165, 1.54) is 0 Å². The summed E-state index contributed by atoms with van der Waals surface area (Å²) >= 11 is 11.6. The van der Waals surface area contributed by atoms with Crippen LogP contribution in [-0.4, -0.2) is 29.9 Å². The maximum atomic E-state index is 6.28. The van der Waals surface area contributed by atoms with E-state index in [0.29, 0.717) is 15.9 Å². The zero-order valence-corrected chi connectivity index (χ0v) is 13.4. The van der Waals surface area contributed by atoms with Crippen LogP contribution >= 0.6 is 23.8 Å². The Hall–Kier alpha value is -1.20. The average molecular weight is 313 g/mol. The van der Waals surface area contributed by atoms with Crippen LogP contribution in [0.1, 0.15) is 25.5 Å². The number of nitrogens with zero attached hydrogens (tertiary/aromatic N) is 1. The van der Waals surface area contributed by atoms with Crippen molar-refractivity contribution in [3.63, 3.8) is 0 Å². The van der Waals surface area contributed by atoms with Gasteiger partial charge in [0, 0.05) is 29.6 Å². The number of methoxy groups -OCH3 is 1. The van der Waals surface area contributed by atoms with Gasteiger partial charge < -0.3 is 19.7 Å². The molecule has 1 saturated heterocycles. The number of fused-ring (bicyclic) bond motifs is 4. The molecule has 3 unspecified atom stereocenters. The van der Waals surface area contributed by atoms with E-state index in [0.717, 1.165) is 11.3 Å². The van der Waals surface area contributed by atoms with E-state index in [9.17, 15) is 0 Å². The molecular weight excluding hydrogens is 296 g/mol. The molecule has 2 heterocycles. The van der Waals surface area contributed by atoms with Gasteiger partial charge in [-0.25, -0.2) is 0 Å². The van der Waals surface area contributed by atoms with Crippen molar-refractivity contribution in [2.24, 2.45) is 5.92 Å². The first kappa shape index (κ1) is 13.8. The molecule has 0 spiro atoms. The van der Waals surface area contributed by atoms with E-state index in [2.05, 4.69) is 19.2 Å². The number of nitrogens with one attached hydrogen (secondary N) is 1. The van der Waals surface area contributed by atoms with Crippen LogP contribution in [0, 0.1) is 5.92 Å². The molecule has 108 valence electrons. The minimum absolute atomic E-state index is 0.0695. The molecule has 0 radical (unpaired) electrons. The third-order valence-electron chi connectivity index (χ3n) is 4.51. The summed E-state index contributed by atoms with van der Waals surface area (Å²) < 4.78 is 11.7. The lowest BCUT2D eigenvalue weighted by Gasteiger charge is -2.55. The summed E-state index contributed by atoms with van der Waals surface area (Å²) in [6, 6.07) is 3.76. The van der Waals surface area contributed by atoms with Gasteiger partial charge in [0.1, 0.15) is 0 Å². The van der Waals surface area contributed by atoms with Gasteiger partial charge in [0.25, 0.3) is 0 Å². The van der Waals surface area contributed by atoms with Crippen molar-refractivity contribution in [2.45, 2.75) is 25.6 Å². The van der Waals surface area contributed by atoms with Crippen molar-refractivity contribution in [1.82, 2.24) is 10.2 Å². The van der Waals surface area contributed by atoms with Crippen molar-refractivity contribution < 1.29 is 9.47 Å². The van der Waals surface area contributed by atoms with Crippen molar-refractivity contribution in [3.05, 3.63) is 22.7 Å². The van der Waals surface area contributed by atoms with Gasteiger partial charge in [-0.2, -0.15) is 0 Å². The number of rotatable bonds is 1. The minimum Gasteiger partial charge on any atom is -0.493 e. The Morgan fingerprint density at radius 2 is 2.20 bits per heavy atom. The zero-order valence-electron chi connectivity index (χ0n) is 11.9. The lowest BCUT2D eigenvalue weighted by Crippen LogP contribution is -2.67. The molecule has 0 aliphatic carbocycles. The Labute approximate surface area is 129 Å². The first-order valence-corrected chi connectivity index (χ1v) is 7.28. The van der Waals surface area contributed by atoms with Crippen molar-refractivity contribution >= 4 is 28.9 Å². The molecule has 4 nitrogen and oxygen atoms in total. The molecule has 2 aliphatic rings. The lowest BCUT2D eigenvalue weighted by molar-refractivity contribution is -0.101. The molecule has 1 fully saturated rings. The lowest BCUT2D eigenvalue weighted by atomic mass is 9.81. The fourth-order valence-corrected chi connectivity index (χ4v) is 3.49. The summed E-state index contributed by atoms with van der Waals surface area (Å²) in [4.78, 5) is 1.96. The highest BCUT2D eigenvalue weighted by Gasteiger charge is 2.52. The van der Waals surface area contributed by atoms with Gasteiger partial charge >= 0.3 is 0 Å². The summed E-state index contributed by atoms with van der Waals surface area (Å²) in [5.41, 5.74) is 0.496. The van der Waals surface area contributed by atoms with Crippen LogP contribution in [0.3, 0.4) is 0 Å². The molecule has 3 rings (SSSR count). The van der Waals surface area contributed by atoms with E-state index in [1.54, 1.807) is 13.2 Å². The monoisotopic (exact) mass is 312 g/mol. The molecule has 0 aromatic heterocycles. The third kappa shape index (κ3) is 1.69. The summed E-state index contributed by atoms with van der Waals surface area (Å²) in [5.74, 6) is 1.61. The smallest absolute Gasteiger partial charge is 0.186 e. The summed E-state index contributed by atoms with van der Waals surface area (Å²) in [5, 5.41) is 4.68. The predicted octanol–water partition coefficient (Wildman–Crippen LogP) is 2.95. The van der Waals surface area contributed by atoms with E-state index in [-0.39, 0.29) is 12.0 Å². The number of ether oxygens (including phenoxy) is 2. The molecule has 1 aromatic rings. The topological polar surface area (TPSA) is 33.7 Å². The second-order valence-electron chi connectivity index (χ2n) is 5.46. The highest BCUT2D eigenvalue weighted by Crippen LogP contribution is 2.51. The second kappa shape index (κ2) is 4.40. The number of halogens is 1. The van der Waals surface area contributed by atoms with Gasteiger partial charge in [0.2, 0.25) is 0 Å². The summed E-state index contributed by atoms with van der Waals surface area (Å²) in [6.07, 6.45) is 0.